The van der Waals surface area contributed by atoms with Gasteiger partial charge in [0.15, 0.2) is 5.82 Å². The van der Waals surface area contributed by atoms with Crippen LogP contribution in [0, 0.1) is 17.2 Å². The van der Waals surface area contributed by atoms with Crippen LogP contribution in [-0.4, -0.2) is 33.9 Å². The van der Waals surface area contributed by atoms with Gasteiger partial charge in [-0.1, -0.05) is 0 Å². The van der Waals surface area contributed by atoms with Gasteiger partial charge in [0, 0.05) is 12.6 Å². The van der Waals surface area contributed by atoms with Gasteiger partial charge in [-0.3, -0.25) is 4.79 Å². The molecule has 2 atom stereocenters. The lowest BCUT2D eigenvalue weighted by molar-refractivity contribution is -0.142. The van der Waals surface area contributed by atoms with Crippen LogP contribution < -0.4 is 4.90 Å². The third-order valence-corrected chi connectivity index (χ3v) is 3.32. The van der Waals surface area contributed by atoms with Gasteiger partial charge in [0.2, 0.25) is 0 Å². The number of anilines is 1. The number of aromatic nitrogens is 2. The Bertz CT molecular complexity index is 497. The van der Waals surface area contributed by atoms with Crippen LogP contribution in [0.5, 0.6) is 0 Å². The molecule has 6 nitrogen and oxygen atoms in total. The number of carboxylic acid groups (broad SMARTS) is 1. The summed E-state index contributed by atoms with van der Waals surface area (Å²) in [5.41, 5.74) is 0.477. The topological polar surface area (TPSA) is 90.1 Å². The van der Waals surface area contributed by atoms with E-state index in [9.17, 15) is 4.79 Å². The average molecular weight is 246 g/mol. The van der Waals surface area contributed by atoms with Crippen LogP contribution in [0.1, 0.15) is 25.3 Å². The van der Waals surface area contributed by atoms with Gasteiger partial charge in [-0.05, 0) is 25.8 Å². The van der Waals surface area contributed by atoms with Crippen molar-refractivity contribution in [1.82, 2.24) is 10.2 Å². The van der Waals surface area contributed by atoms with Gasteiger partial charge >= 0.3 is 5.97 Å². The van der Waals surface area contributed by atoms with E-state index in [0.717, 1.165) is 0 Å². The maximum absolute atomic E-state index is 11.0. The maximum atomic E-state index is 11.0. The SMILES string of the molecule is CC1CC(C(=O)O)CCN1c1nnccc1C#N. The standard InChI is InChI=1S/C12H14N4O2/c1-8-6-9(12(17)18)3-5-16(8)11-10(7-13)2-4-14-15-11/h2,4,8-9H,3,5-6H2,1H3,(H,17,18). The molecule has 1 fully saturated rings. The van der Waals surface area contributed by atoms with E-state index in [-0.39, 0.29) is 12.0 Å². The Morgan fingerprint density at radius 3 is 3.06 bits per heavy atom. The first-order chi connectivity index (χ1) is 8.63. The number of carbonyl (C=O) groups is 1. The molecular formula is C12H14N4O2. The second-order valence-corrected chi connectivity index (χ2v) is 4.48. The van der Waals surface area contributed by atoms with Gasteiger partial charge in [0.1, 0.15) is 6.07 Å². The molecular weight excluding hydrogens is 232 g/mol. The fourth-order valence-corrected chi connectivity index (χ4v) is 2.33. The molecule has 0 amide bonds. The largest absolute Gasteiger partial charge is 0.481 e. The van der Waals surface area contributed by atoms with Crippen LogP contribution in [0.2, 0.25) is 0 Å². The summed E-state index contributed by atoms with van der Waals surface area (Å²) in [7, 11) is 0. The monoisotopic (exact) mass is 246 g/mol. The Morgan fingerprint density at radius 2 is 2.44 bits per heavy atom. The van der Waals surface area contributed by atoms with E-state index >= 15 is 0 Å². The van der Waals surface area contributed by atoms with Crippen molar-refractivity contribution in [3.05, 3.63) is 17.8 Å². The molecule has 0 aliphatic carbocycles. The highest BCUT2D eigenvalue weighted by molar-refractivity contribution is 5.70. The Morgan fingerprint density at radius 1 is 1.67 bits per heavy atom. The Hall–Kier alpha value is -2.16. The van der Waals surface area contributed by atoms with Crippen LogP contribution in [0.25, 0.3) is 0 Å². The molecule has 1 N–H and O–H groups in total. The van der Waals surface area contributed by atoms with Gasteiger partial charge < -0.3 is 10.0 Å². The molecule has 0 aromatic carbocycles. The van der Waals surface area contributed by atoms with Gasteiger partial charge in [-0.15, -0.1) is 5.10 Å². The van der Waals surface area contributed by atoms with Crippen molar-refractivity contribution in [2.24, 2.45) is 5.92 Å². The zero-order chi connectivity index (χ0) is 13.1. The molecule has 2 heterocycles. The molecule has 0 spiro atoms. The van der Waals surface area contributed by atoms with Crippen molar-refractivity contribution in [3.8, 4) is 6.07 Å². The second-order valence-electron chi connectivity index (χ2n) is 4.48. The number of nitrogens with zero attached hydrogens (tertiary/aromatic N) is 4. The summed E-state index contributed by atoms with van der Waals surface area (Å²) >= 11 is 0. The van der Waals surface area contributed by atoms with Gasteiger partial charge in [-0.25, -0.2) is 0 Å². The second kappa shape index (κ2) is 5.00. The third kappa shape index (κ3) is 2.25. The van der Waals surface area contributed by atoms with E-state index in [1.807, 2.05) is 11.8 Å². The minimum Gasteiger partial charge on any atom is -0.481 e. The molecule has 2 unspecified atom stereocenters. The minimum absolute atomic E-state index is 0.0450. The van der Waals surface area contributed by atoms with Crippen molar-refractivity contribution in [1.29, 1.82) is 5.26 Å². The number of piperidine rings is 1. The minimum atomic E-state index is -0.749. The number of hydrogen-bond donors (Lipinski definition) is 1. The Balaban J connectivity index is 2.21. The lowest BCUT2D eigenvalue weighted by Crippen LogP contribution is -2.43. The number of carboxylic acids is 1. The van der Waals surface area contributed by atoms with Crippen molar-refractivity contribution in [3.63, 3.8) is 0 Å². The predicted molar refractivity (Wildman–Crippen MR) is 63.9 cm³/mol. The van der Waals surface area contributed by atoms with Crippen LogP contribution >= 0.6 is 0 Å². The smallest absolute Gasteiger partial charge is 0.306 e. The van der Waals surface area contributed by atoms with Crippen molar-refractivity contribution in [2.45, 2.75) is 25.8 Å². The molecule has 1 aliphatic heterocycles. The quantitative estimate of drug-likeness (QED) is 0.838. The van der Waals surface area contributed by atoms with E-state index < -0.39 is 5.97 Å². The fraction of sp³-hybridized carbons (Fsp3) is 0.500. The molecule has 1 aromatic rings. The molecule has 0 bridgehead atoms. The summed E-state index contributed by atoms with van der Waals surface area (Å²) in [6.07, 6.45) is 2.62. The summed E-state index contributed by atoms with van der Waals surface area (Å²) in [5, 5.41) is 25.8. The molecule has 94 valence electrons. The summed E-state index contributed by atoms with van der Waals surface area (Å²) in [4.78, 5) is 12.9. The van der Waals surface area contributed by atoms with Crippen molar-refractivity contribution in [2.75, 3.05) is 11.4 Å². The molecule has 1 aromatic heterocycles. The molecule has 6 heteroatoms. The van der Waals surface area contributed by atoms with E-state index in [1.165, 1.54) is 6.20 Å². The number of hydrogen-bond acceptors (Lipinski definition) is 5. The van der Waals surface area contributed by atoms with Gasteiger partial charge in [-0.2, -0.15) is 10.4 Å². The molecule has 1 saturated heterocycles. The fourth-order valence-electron chi connectivity index (χ4n) is 2.33. The molecule has 0 saturated carbocycles. The molecule has 0 radical (unpaired) electrons. The first-order valence-electron chi connectivity index (χ1n) is 5.84. The van der Waals surface area contributed by atoms with E-state index in [1.54, 1.807) is 6.07 Å². The number of nitriles is 1. The highest BCUT2D eigenvalue weighted by atomic mass is 16.4. The predicted octanol–water partition coefficient (Wildman–Crippen LogP) is 1.04. The zero-order valence-corrected chi connectivity index (χ0v) is 10.1. The Labute approximate surface area is 105 Å². The van der Waals surface area contributed by atoms with E-state index in [4.69, 9.17) is 10.4 Å². The molecule has 1 aliphatic rings. The highest BCUT2D eigenvalue weighted by Crippen LogP contribution is 2.28. The average Bonchev–Trinajstić information content (AvgIpc) is 2.38. The zero-order valence-electron chi connectivity index (χ0n) is 10.1. The van der Waals surface area contributed by atoms with E-state index in [0.29, 0.717) is 30.8 Å². The van der Waals surface area contributed by atoms with Gasteiger partial charge in [0.25, 0.3) is 0 Å². The van der Waals surface area contributed by atoms with Crippen molar-refractivity contribution < 1.29 is 9.90 Å². The maximum Gasteiger partial charge on any atom is 0.306 e. The van der Waals surface area contributed by atoms with Crippen LogP contribution in [0.15, 0.2) is 12.3 Å². The van der Waals surface area contributed by atoms with Crippen LogP contribution in [-0.2, 0) is 4.79 Å². The van der Waals surface area contributed by atoms with Crippen LogP contribution in [0.3, 0.4) is 0 Å². The van der Waals surface area contributed by atoms with Crippen molar-refractivity contribution >= 4 is 11.8 Å². The summed E-state index contributed by atoms with van der Waals surface area (Å²) in [6, 6.07) is 3.76. The normalized spacial score (nSPS) is 23.4. The lowest BCUT2D eigenvalue weighted by atomic mass is 9.91. The van der Waals surface area contributed by atoms with E-state index in [2.05, 4.69) is 16.3 Å². The lowest BCUT2D eigenvalue weighted by Gasteiger charge is -2.37. The summed E-state index contributed by atoms with van der Waals surface area (Å²) in [5.74, 6) is -0.504. The number of aliphatic carboxylic acids is 1. The summed E-state index contributed by atoms with van der Waals surface area (Å²) in [6.45, 7) is 2.54. The van der Waals surface area contributed by atoms with Gasteiger partial charge in [0.05, 0.1) is 17.7 Å². The Kier molecular flexibility index (Phi) is 3.42. The van der Waals surface area contributed by atoms with Crippen LogP contribution in [0.4, 0.5) is 5.82 Å². The number of rotatable bonds is 2. The first kappa shape index (κ1) is 12.3. The molecule has 2 rings (SSSR count). The highest BCUT2D eigenvalue weighted by Gasteiger charge is 2.31. The summed E-state index contributed by atoms with van der Waals surface area (Å²) < 4.78 is 0. The third-order valence-electron chi connectivity index (χ3n) is 3.32. The first-order valence-corrected chi connectivity index (χ1v) is 5.84. The molecule has 18 heavy (non-hydrogen) atoms.